The fourth-order valence-corrected chi connectivity index (χ4v) is 6.21. The fraction of sp³-hybridized carbons (Fsp3) is 0.735. The van der Waals surface area contributed by atoms with Crippen LogP contribution in [0.5, 0.6) is 0 Å². The number of aliphatic hydroxyl groups is 1. The van der Waals surface area contributed by atoms with E-state index in [2.05, 4.69) is 86.8 Å². The van der Waals surface area contributed by atoms with Crippen LogP contribution in [0.2, 0.25) is 0 Å². The summed E-state index contributed by atoms with van der Waals surface area (Å²) in [5.74, 6) is -0.205. The predicted molar refractivity (Wildman–Crippen MR) is 232 cm³/mol. The Kier molecular flexibility index (Phi) is 44.1. The average molecular weight is 739 g/mol. The number of aliphatic hydroxyl groups excluding tert-OH is 1. The second-order valence-corrected chi connectivity index (χ2v) is 14.7. The van der Waals surface area contributed by atoms with Crippen molar-refractivity contribution in [2.75, 3.05) is 19.8 Å². The third kappa shape index (κ3) is 44.1. The molecule has 0 aliphatic rings. The average Bonchev–Trinajstić information content (AvgIpc) is 3.16. The van der Waals surface area contributed by atoms with Gasteiger partial charge in [-0.15, -0.1) is 0 Å². The Morgan fingerprint density at radius 2 is 0.849 bits per heavy atom. The van der Waals surface area contributed by atoms with Crippen LogP contribution >= 0.6 is 0 Å². The maximum Gasteiger partial charge on any atom is 0.306 e. The number of hydrogen-bond donors (Lipinski definition) is 1. The summed E-state index contributed by atoms with van der Waals surface area (Å²) >= 11 is 0. The number of rotatable bonds is 41. The number of carbonyl (C=O) groups excluding carboxylic acids is 1. The normalized spacial score (nSPS) is 13.0. The largest absolute Gasteiger partial charge is 0.457 e. The van der Waals surface area contributed by atoms with Crippen molar-refractivity contribution in [3.8, 4) is 0 Å². The summed E-state index contributed by atoms with van der Waals surface area (Å²) in [6, 6.07) is 0. The van der Waals surface area contributed by atoms with Gasteiger partial charge in [0.25, 0.3) is 0 Å². The van der Waals surface area contributed by atoms with Crippen LogP contribution in [0.3, 0.4) is 0 Å². The smallest absolute Gasteiger partial charge is 0.306 e. The summed E-state index contributed by atoms with van der Waals surface area (Å²) in [7, 11) is 0. The molecular formula is C49H86O4. The zero-order valence-electron chi connectivity index (χ0n) is 35.0. The molecule has 0 spiro atoms. The topological polar surface area (TPSA) is 55.8 Å². The van der Waals surface area contributed by atoms with E-state index in [1.54, 1.807) is 0 Å². The van der Waals surface area contributed by atoms with Crippen molar-refractivity contribution in [3.05, 3.63) is 72.9 Å². The SMILES string of the molecule is CC/C=C\C/C=C\C/C=C\C/C=C\C/C=C\C/C=C\CCCCCCCCCOCC(CO)OC(=O)CCCCCCCCCCCCCCCCC. The molecule has 0 aliphatic heterocycles. The molecule has 306 valence electrons. The van der Waals surface area contributed by atoms with Crippen LogP contribution in [0.4, 0.5) is 0 Å². The van der Waals surface area contributed by atoms with E-state index >= 15 is 0 Å². The molecule has 1 unspecified atom stereocenters. The lowest BCUT2D eigenvalue weighted by atomic mass is 10.0. The molecule has 1 atom stereocenters. The third-order valence-electron chi connectivity index (χ3n) is 9.55. The van der Waals surface area contributed by atoms with Crippen molar-refractivity contribution in [2.45, 2.75) is 213 Å². The highest BCUT2D eigenvalue weighted by Crippen LogP contribution is 2.14. The molecule has 0 radical (unpaired) electrons. The highest BCUT2D eigenvalue weighted by atomic mass is 16.6. The van der Waals surface area contributed by atoms with Gasteiger partial charge in [-0.1, -0.05) is 209 Å². The first kappa shape index (κ1) is 50.8. The number of unbranched alkanes of at least 4 members (excludes halogenated alkanes) is 21. The van der Waals surface area contributed by atoms with E-state index in [9.17, 15) is 9.90 Å². The summed E-state index contributed by atoms with van der Waals surface area (Å²) in [6.07, 6.45) is 62.5. The molecule has 0 bridgehead atoms. The van der Waals surface area contributed by atoms with E-state index in [-0.39, 0.29) is 19.2 Å². The standard InChI is InChI=1S/C49H86O4/c1-3-5-7-9-11-13-15-17-19-20-21-22-23-24-25-26-27-28-29-31-33-35-37-39-41-43-45-52-47-48(46-50)53-49(51)44-42-40-38-36-34-32-30-18-16-14-12-10-8-6-4-2/h5,7,11,13,17,19,21-22,24-25,27-28,48,50H,3-4,6,8-10,12,14-16,18,20,23,26,29-47H2,1-2H3/b7-5-,13-11-,19-17-,22-21-,25-24-,28-27-. The molecule has 0 aliphatic carbocycles. The van der Waals surface area contributed by atoms with Gasteiger partial charge in [0.05, 0.1) is 13.2 Å². The quantitative estimate of drug-likeness (QED) is 0.0385. The summed E-state index contributed by atoms with van der Waals surface area (Å²) in [5.41, 5.74) is 0. The van der Waals surface area contributed by atoms with E-state index in [0.29, 0.717) is 13.0 Å². The number of ether oxygens (including phenoxy) is 2. The molecule has 0 aromatic heterocycles. The Balaban J connectivity index is 3.48. The lowest BCUT2D eigenvalue weighted by Gasteiger charge is -2.16. The second-order valence-electron chi connectivity index (χ2n) is 14.7. The Bertz CT molecular complexity index is 911. The van der Waals surface area contributed by atoms with E-state index in [4.69, 9.17) is 9.47 Å². The van der Waals surface area contributed by atoms with Crippen molar-refractivity contribution in [3.63, 3.8) is 0 Å². The van der Waals surface area contributed by atoms with Gasteiger partial charge in [0.15, 0.2) is 0 Å². The van der Waals surface area contributed by atoms with Gasteiger partial charge in [-0.3, -0.25) is 4.79 Å². The highest BCUT2D eigenvalue weighted by molar-refractivity contribution is 5.69. The van der Waals surface area contributed by atoms with Crippen LogP contribution in [0.25, 0.3) is 0 Å². The summed E-state index contributed by atoms with van der Waals surface area (Å²) in [5, 5.41) is 9.61. The molecule has 53 heavy (non-hydrogen) atoms. The summed E-state index contributed by atoms with van der Waals surface area (Å²) in [6.45, 7) is 5.22. The first-order valence-electron chi connectivity index (χ1n) is 22.5. The Hall–Kier alpha value is -2.17. The molecule has 0 fully saturated rings. The molecule has 4 heteroatoms. The first-order chi connectivity index (χ1) is 26.2. The van der Waals surface area contributed by atoms with Gasteiger partial charge in [0, 0.05) is 13.0 Å². The monoisotopic (exact) mass is 739 g/mol. The Labute approximate surface area is 329 Å². The van der Waals surface area contributed by atoms with Crippen LogP contribution in [0, 0.1) is 0 Å². The molecule has 0 saturated carbocycles. The van der Waals surface area contributed by atoms with E-state index < -0.39 is 6.10 Å². The van der Waals surface area contributed by atoms with Crippen LogP contribution in [-0.4, -0.2) is 37.0 Å². The Morgan fingerprint density at radius 3 is 1.28 bits per heavy atom. The number of hydrogen-bond acceptors (Lipinski definition) is 4. The van der Waals surface area contributed by atoms with Gasteiger partial charge in [0.1, 0.15) is 6.10 Å². The van der Waals surface area contributed by atoms with Crippen molar-refractivity contribution in [1.29, 1.82) is 0 Å². The highest BCUT2D eigenvalue weighted by Gasteiger charge is 2.13. The third-order valence-corrected chi connectivity index (χ3v) is 9.55. The molecule has 4 nitrogen and oxygen atoms in total. The van der Waals surface area contributed by atoms with Crippen LogP contribution in [0.1, 0.15) is 206 Å². The molecule has 1 N–H and O–H groups in total. The maximum atomic E-state index is 12.2. The van der Waals surface area contributed by atoms with E-state index in [1.165, 1.54) is 122 Å². The number of carbonyl (C=O) groups is 1. The summed E-state index contributed by atoms with van der Waals surface area (Å²) < 4.78 is 11.2. The van der Waals surface area contributed by atoms with E-state index in [1.807, 2.05) is 0 Å². The zero-order chi connectivity index (χ0) is 38.4. The van der Waals surface area contributed by atoms with Crippen LogP contribution in [0.15, 0.2) is 72.9 Å². The van der Waals surface area contributed by atoms with Crippen molar-refractivity contribution in [1.82, 2.24) is 0 Å². The van der Waals surface area contributed by atoms with Crippen LogP contribution in [-0.2, 0) is 14.3 Å². The van der Waals surface area contributed by atoms with Gasteiger partial charge < -0.3 is 14.6 Å². The first-order valence-corrected chi connectivity index (χ1v) is 22.5. The van der Waals surface area contributed by atoms with E-state index in [0.717, 1.165) is 64.2 Å². The minimum Gasteiger partial charge on any atom is -0.457 e. The van der Waals surface area contributed by atoms with Crippen LogP contribution < -0.4 is 0 Å². The molecule has 0 amide bonds. The number of allylic oxidation sites excluding steroid dienone is 12. The lowest BCUT2D eigenvalue weighted by Crippen LogP contribution is -2.27. The molecule has 0 aromatic carbocycles. The van der Waals surface area contributed by atoms with Gasteiger partial charge in [-0.2, -0.15) is 0 Å². The lowest BCUT2D eigenvalue weighted by molar-refractivity contribution is -0.154. The zero-order valence-corrected chi connectivity index (χ0v) is 35.0. The van der Waals surface area contributed by atoms with Gasteiger partial charge in [0.2, 0.25) is 0 Å². The van der Waals surface area contributed by atoms with Crippen molar-refractivity contribution >= 4 is 5.97 Å². The van der Waals surface area contributed by atoms with Gasteiger partial charge >= 0.3 is 5.97 Å². The number of esters is 1. The minimum absolute atomic E-state index is 0.177. The van der Waals surface area contributed by atoms with Crippen molar-refractivity contribution in [2.24, 2.45) is 0 Å². The van der Waals surface area contributed by atoms with Gasteiger partial charge in [-0.05, 0) is 64.2 Å². The Morgan fingerprint density at radius 1 is 0.472 bits per heavy atom. The predicted octanol–water partition coefficient (Wildman–Crippen LogP) is 15.0. The fourth-order valence-electron chi connectivity index (χ4n) is 6.21. The second kappa shape index (κ2) is 46.0. The van der Waals surface area contributed by atoms with Gasteiger partial charge in [-0.25, -0.2) is 0 Å². The molecule has 0 heterocycles. The summed E-state index contributed by atoms with van der Waals surface area (Å²) in [4.78, 5) is 12.2. The molecule has 0 rings (SSSR count). The minimum atomic E-state index is -0.542. The molecule has 0 aromatic rings. The molecule has 0 saturated heterocycles. The van der Waals surface area contributed by atoms with Crippen molar-refractivity contribution < 1.29 is 19.4 Å². The molecular weight excluding hydrogens is 653 g/mol. The maximum absolute atomic E-state index is 12.2.